The quantitative estimate of drug-likeness (QED) is 0.344. The Morgan fingerprint density at radius 3 is 2.28 bits per heavy atom. The summed E-state index contributed by atoms with van der Waals surface area (Å²) in [5.74, 6) is -0.750. The number of ether oxygens (including phenoxy) is 7. The van der Waals surface area contributed by atoms with E-state index in [4.69, 9.17) is 33.2 Å². The fourth-order valence-electron chi connectivity index (χ4n) is 12.5. The second kappa shape index (κ2) is 11.4. The fourth-order valence-corrected chi connectivity index (χ4v) is 12.5. The number of benzene rings is 1. The predicted molar refractivity (Wildman–Crippen MR) is 165 cm³/mol. The van der Waals surface area contributed by atoms with Gasteiger partial charge in [-0.25, -0.2) is 4.79 Å². The first-order chi connectivity index (χ1) is 22.1. The Morgan fingerprint density at radius 2 is 1.70 bits per heavy atom. The Balaban J connectivity index is 1.45. The minimum atomic E-state index is -1.46. The lowest BCUT2D eigenvalue weighted by Gasteiger charge is -2.70. The van der Waals surface area contributed by atoms with Gasteiger partial charge in [-0.15, -0.1) is 0 Å². The molecule has 11 heteroatoms. The molecule has 14 atom stereocenters. The van der Waals surface area contributed by atoms with Crippen LogP contribution in [0.4, 0.5) is 0 Å². The molecule has 0 amide bonds. The summed E-state index contributed by atoms with van der Waals surface area (Å²) in [6.45, 7) is 6.38. The number of carbonyl (C=O) groups excluding carboxylic acids is 1. The Hall–Kier alpha value is -1.83. The van der Waals surface area contributed by atoms with Crippen LogP contribution in [-0.4, -0.2) is 131 Å². The number of esters is 1. The fraction of sp³-hybridized carbons (Fsp3) is 0.800. The van der Waals surface area contributed by atoms with Crippen LogP contribution in [0, 0.1) is 34.5 Å². The summed E-state index contributed by atoms with van der Waals surface area (Å²) in [5, 5.41) is 24.9. The molecule has 256 valence electrons. The number of nitrogens with zero attached hydrogens (tertiary/aromatic N) is 1. The van der Waals surface area contributed by atoms with Crippen molar-refractivity contribution < 1.29 is 48.2 Å². The van der Waals surface area contributed by atoms with Gasteiger partial charge in [0.2, 0.25) is 0 Å². The van der Waals surface area contributed by atoms with E-state index in [1.54, 1.807) is 59.8 Å². The van der Waals surface area contributed by atoms with Gasteiger partial charge in [0.25, 0.3) is 0 Å². The van der Waals surface area contributed by atoms with Gasteiger partial charge in [-0.2, -0.15) is 0 Å². The highest BCUT2D eigenvalue weighted by Crippen LogP contribution is 2.80. The molecule has 1 aliphatic heterocycles. The molecule has 0 radical (unpaired) electrons. The normalized spacial score (nSPS) is 48.4. The van der Waals surface area contributed by atoms with Gasteiger partial charge in [0.1, 0.15) is 17.5 Å². The summed E-state index contributed by atoms with van der Waals surface area (Å²) in [6, 6.07) is 6.79. The van der Waals surface area contributed by atoms with E-state index in [2.05, 4.69) is 11.8 Å². The zero-order chi connectivity index (χ0) is 32.8. The van der Waals surface area contributed by atoms with Crippen LogP contribution in [0.25, 0.3) is 0 Å². The predicted octanol–water partition coefficient (Wildman–Crippen LogP) is 2.16. The molecular weight excluding hydrogens is 594 g/mol. The molecule has 0 aromatic heterocycles. The van der Waals surface area contributed by atoms with E-state index in [0.717, 1.165) is 6.54 Å². The molecule has 46 heavy (non-hydrogen) atoms. The van der Waals surface area contributed by atoms with E-state index in [-0.39, 0.29) is 41.9 Å². The van der Waals surface area contributed by atoms with Gasteiger partial charge in [-0.05, 0) is 50.1 Å². The highest BCUT2D eigenvalue weighted by molar-refractivity contribution is 5.89. The molecule has 6 fully saturated rings. The summed E-state index contributed by atoms with van der Waals surface area (Å²) >= 11 is 0. The topological polar surface area (TPSA) is 125 Å². The second-order valence-electron chi connectivity index (χ2n) is 14.6. The van der Waals surface area contributed by atoms with Crippen LogP contribution >= 0.6 is 0 Å². The minimum absolute atomic E-state index is 0.0152. The molecule has 7 rings (SSSR count). The molecule has 1 spiro atoms. The van der Waals surface area contributed by atoms with Crippen molar-refractivity contribution in [3.63, 3.8) is 0 Å². The molecule has 1 heterocycles. The SMILES string of the molecule is CCOC12CC(OC)C3(O)CC(C1C3OC(=O)c1ccc(OC)cc1)C13C(OC)CC(O)C4(COC)CN(CC)C1C2C(OC)C43. The minimum Gasteiger partial charge on any atom is -0.497 e. The maximum Gasteiger partial charge on any atom is 0.338 e. The van der Waals surface area contributed by atoms with E-state index in [1.165, 1.54) is 0 Å². The highest BCUT2D eigenvalue weighted by atomic mass is 16.6. The van der Waals surface area contributed by atoms with Gasteiger partial charge in [-0.1, -0.05) is 6.92 Å². The molecule has 6 aliphatic rings. The summed E-state index contributed by atoms with van der Waals surface area (Å²) in [4.78, 5) is 16.4. The Kier molecular flexibility index (Phi) is 8.08. The third-order valence-electron chi connectivity index (χ3n) is 13.5. The van der Waals surface area contributed by atoms with Crippen LogP contribution in [0.2, 0.25) is 0 Å². The smallest absolute Gasteiger partial charge is 0.338 e. The van der Waals surface area contributed by atoms with E-state index < -0.39 is 46.3 Å². The lowest BCUT2D eigenvalue weighted by molar-refractivity contribution is -0.304. The highest BCUT2D eigenvalue weighted by Gasteiger charge is 2.90. The number of fused-ring (bicyclic) bond motifs is 2. The lowest BCUT2D eigenvalue weighted by atomic mass is 9.42. The molecule has 1 saturated heterocycles. The molecule has 11 nitrogen and oxygen atoms in total. The Morgan fingerprint density at radius 1 is 0.978 bits per heavy atom. The average molecular weight is 646 g/mol. The van der Waals surface area contributed by atoms with Crippen LogP contribution < -0.4 is 4.74 Å². The molecule has 14 unspecified atom stereocenters. The first-order valence-corrected chi connectivity index (χ1v) is 16.8. The summed E-state index contributed by atoms with van der Waals surface area (Å²) in [6.07, 6.45) is -1.63. The van der Waals surface area contributed by atoms with Crippen molar-refractivity contribution in [2.24, 2.45) is 34.5 Å². The summed E-state index contributed by atoms with van der Waals surface area (Å²) < 4.78 is 44.0. The lowest BCUT2D eigenvalue weighted by Crippen LogP contribution is -2.79. The second-order valence-corrected chi connectivity index (χ2v) is 14.6. The van der Waals surface area contributed by atoms with Gasteiger partial charge in [0, 0.05) is 89.1 Å². The van der Waals surface area contributed by atoms with Crippen LogP contribution in [0.15, 0.2) is 24.3 Å². The van der Waals surface area contributed by atoms with Crippen LogP contribution in [0.5, 0.6) is 5.75 Å². The average Bonchev–Trinajstić information content (AvgIpc) is 3.43. The van der Waals surface area contributed by atoms with E-state index in [1.807, 2.05) is 6.92 Å². The first kappa shape index (κ1) is 32.7. The van der Waals surface area contributed by atoms with Gasteiger partial charge < -0.3 is 43.4 Å². The number of aliphatic hydroxyl groups is 2. The number of methoxy groups -OCH3 is 5. The van der Waals surface area contributed by atoms with Crippen molar-refractivity contribution in [1.82, 2.24) is 4.90 Å². The van der Waals surface area contributed by atoms with Crippen LogP contribution in [0.3, 0.4) is 0 Å². The number of rotatable bonds is 11. The van der Waals surface area contributed by atoms with Crippen molar-refractivity contribution in [3.8, 4) is 5.75 Å². The molecule has 1 aromatic carbocycles. The molecule has 5 aliphatic carbocycles. The van der Waals surface area contributed by atoms with Gasteiger partial charge in [0.05, 0.1) is 49.3 Å². The van der Waals surface area contributed by atoms with Crippen molar-refractivity contribution in [3.05, 3.63) is 29.8 Å². The summed E-state index contributed by atoms with van der Waals surface area (Å²) in [5.41, 5.74) is -3.11. The monoisotopic (exact) mass is 645 g/mol. The maximum absolute atomic E-state index is 13.9. The number of aliphatic hydroxyl groups excluding tert-OH is 1. The van der Waals surface area contributed by atoms with Crippen molar-refractivity contribution >= 4 is 5.97 Å². The summed E-state index contributed by atoms with van der Waals surface area (Å²) in [7, 11) is 8.39. The van der Waals surface area contributed by atoms with Crippen LogP contribution in [-0.2, 0) is 28.4 Å². The third-order valence-corrected chi connectivity index (χ3v) is 13.5. The van der Waals surface area contributed by atoms with E-state index in [9.17, 15) is 15.0 Å². The number of carbonyl (C=O) groups is 1. The van der Waals surface area contributed by atoms with E-state index >= 15 is 0 Å². The largest absolute Gasteiger partial charge is 0.497 e. The van der Waals surface area contributed by atoms with Gasteiger partial charge in [-0.3, -0.25) is 4.90 Å². The number of hydrogen-bond acceptors (Lipinski definition) is 11. The third kappa shape index (κ3) is 3.80. The molecule has 1 aromatic rings. The van der Waals surface area contributed by atoms with Crippen molar-refractivity contribution in [1.29, 1.82) is 0 Å². The standard InChI is InChI=1S/C35H51NO10/c1-8-36-17-32(18-40-3)22(37)14-23(42-5)35-21-15-33(39)24(43-6)16-34(45-9-2,26(29(35)36)27(44-7)28(32)35)25(21)30(33)46-31(38)19-10-12-20(41-4)13-11-19/h10-13,21-30,37,39H,8-9,14-18H2,1-7H3. The molecule has 5 saturated carbocycles. The number of piperidine rings is 1. The number of likely N-dealkylation sites (tertiary alicyclic amines) is 1. The zero-order valence-corrected chi connectivity index (χ0v) is 28.1. The van der Waals surface area contributed by atoms with E-state index in [0.29, 0.717) is 50.3 Å². The Labute approximate surface area is 271 Å². The maximum atomic E-state index is 13.9. The number of hydrogen-bond donors (Lipinski definition) is 2. The zero-order valence-electron chi connectivity index (χ0n) is 28.1. The van der Waals surface area contributed by atoms with Crippen molar-refractivity contribution in [2.75, 3.05) is 61.9 Å². The first-order valence-electron chi connectivity index (χ1n) is 16.8. The molecule has 7 bridgehead atoms. The molecular formula is C35H51NO10. The van der Waals surface area contributed by atoms with Crippen molar-refractivity contribution in [2.45, 2.75) is 80.9 Å². The van der Waals surface area contributed by atoms with Crippen LogP contribution in [0.1, 0.15) is 43.5 Å². The molecule has 2 N–H and O–H groups in total. The van der Waals surface area contributed by atoms with Gasteiger partial charge in [0.15, 0.2) is 0 Å². The Bertz CT molecular complexity index is 1310. The van der Waals surface area contributed by atoms with Gasteiger partial charge >= 0.3 is 5.97 Å².